The molecule has 0 bridgehead atoms. The van der Waals surface area contributed by atoms with Gasteiger partial charge in [-0.1, -0.05) is 15.9 Å². The third-order valence-corrected chi connectivity index (χ3v) is 3.29. The second-order valence-electron chi connectivity index (χ2n) is 3.84. The Kier molecular flexibility index (Phi) is 2.52. The third kappa shape index (κ3) is 1.74. The lowest BCUT2D eigenvalue weighted by atomic mass is 10.2. The number of benzene rings is 1. The number of halogens is 2. The highest BCUT2D eigenvalue weighted by atomic mass is 79.9. The molecule has 0 fully saturated rings. The van der Waals surface area contributed by atoms with Crippen LogP contribution in [0.4, 0.5) is 10.1 Å². The second kappa shape index (κ2) is 4.06. The molecule has 0 spiro atoms. The molecule has 0 aliphatic rings. The lowest BCUT2D eigenvalue weighted by Gasteiger charge is -2.03. The van der Waals surface area contributed by atoms with Crippen LogP contribution in [-0.4, -0.2) is 14.6 Å². The molecule has 0 saturated carbocycles. The smallest absolute Gasteiger partial charge is 0.169 e. The highest BCUT2D eigenvalue weighted by Gasteiger charge is 2.12. The molecule has 2 aromatic heterocycles. The van der Waals surface area contributed by atoms with Crippen molar-refractivity contribution in [1.82, 2.24) is 14.6 Å². The van der Waals surface area contributed by atoms with E-state index < -0.39 is 0 Å². The zero-order chi connectivity index (χ0) is 12.7. The number of pyridine rings is 1. The molecule has 0 atom stereocenters. The van der Waals surface area contributed by atoms with Crippen LogP contribution in [0.25, 0.3) is 17.0 Å². The Morgan fingerprint density at radius 2 is 2.00 bits per heavy atom. The monoisotopic (exact) mass is 306 g/mol. The molecule has 0 aliphatic heterocycles. The summed E-state index contributed by atoms with van der Waals surface area (Å²) < 4.78 is 15.8. The molecule has 0 saturated heterocycles. The number of hydrogen-bond donors (Lipinski definition) is 1. The minimum atomic E-state index is -0.325. The highest BCUT2D eigenvalue weighted by Crippen LogP contribution is 2.28. The molecule has 0 aliphatic carbocycles. The summed E-state index contributed by atoms with van der Waals surface area (Å²) in [7, 11) is 0. The molecule has 0 radical (unpaired) electrons. The van der Waals surface area contributed by atoms with Gasteiger partial charge in [-0.15, -0.1) is 10.2 Å². The van der Waals surface area contributed by atoms with E-state index in [-0.39, 0.29) is 5.82 Å². The fourth-order valence-corrected chi connectivity index (χ4v) is 2.18. The average Bonchev–Trinajstić information content (AvgIpc) is 2.75. The quantitative estimate of drug-likeness (QED) is 0.752. The van der Waals surface area contributed by atoms with E-state index >= 15 is 0 Å². The molecule has 90 valence electrons. The van der Waals surface area contributed by atoms with Gasteiger partial charge in [-0.05, 0) is 30.3 Å². The second-order valence-corrected chi connectivity index (χ2v) is 4.69. The van der Waals surface area contributed by atoms with Crippen molar-refractivity contribution in [3.8, 4) is 11.4 Å². The van der Waals surface area contributed by atoms with Crippen LogP contribution >= 0.6 is 15.9 Å². The van der Waals surface area contributed by atoms with Crippen LogP contribution in [0.15, 0.2) is 41.0 Å². The van der Waals surface area contributed by atoms with Gasteiger partial charge in [0.05, 0.1) is 0 Å². The standard InChI is InChI=1S/C12H8BrFN4/c13-10-3-1-7(14)5-9(10)12-17-16-11-4-2-8(15)6-18(11)12/h1-6H,15H2. The molecule has 4 nitrogen and oxygen atoms in total. The zero-order valence-electron chi connectivity index (χ0n) is 9.14. The topological polar surface area (TPSA) is 56.2 Å². The molecule has 2 N–H and O–H groups in total. The highest BCUT2D eigenvalue weighted by molar-refractivity contribution is 9.10. The molecule has 0 unspecified atom stereocenters. The van der Waals surface area contributed by atoms with Crippen LogP contribution in [-0.2, 0) is 0 Å². The van der Waals surface area contributed by atoms with Crippen LogP contribution in [0.3, 0.4) is 0 Å². The number of nitrogens with two attached hydrogens (primary N) is 1. The van der Waals surface area contributed by atoms with Gasteiger partial charge in [0.25, 0.3) is 0 Å². The van der Waals surface area contributed by atoms with E-state index in [1.807, 2.05) is 0 Å². The van der Waals surface area contributed by atoms with Gasteiger partial charge in [-0.2, -0.15) is 0 Å². The fourth-order valence-electron chi connectivity index (χ4n) is 1.76. The van der Waals surface area contributed by atoms with Crippen molar-refractivity contribution >= 4 is 27.3 Å². The molecule has 3 rings (SSSR count). The fraction of sp³-hybridized carbons (Fsp3) is 0. The van der Waals surface area contributed by atoms with Crippen LogP contribution in [0.5, 0.6) is 0 Å². The Hall–Kier alpha value is -1.95. The maximum atomic E-state index is 13.3. The summed E-state index contributed by atoms with van der Waals surface area (Å²) in [6, 6.07) is 7.93. The van der Waals surface area contributed by atoms with Gasteiger partial charge in [0.15, 0.2) is 11.5 Å². The number of hydrogen-bond acceptors (Lipinski definition) is 3. The Balaban J connectivity index is 2.31. The molecule has 0 amide bonds. The van der Waals surface area contributed by atoms with E-state index in [0.29, 0.717) is 22.7 Å². The Labute approximate surface area is 110 Å². The minimum absolute atomic E-state index is 0.325. The van der Waals surface area contributed by atoms with Crippen molar-refractivity contribution in [2.75, 3.05) is 5.73 Å². The minimum Gasteiger partial charge on any atom is -0.398 e. The average molecular weight is 307 g/mol. The number of anilines is 1. The number of aromatic nitrogens is 3. The molecular formula is C12H8BrFN4. The molecule has 1 aromatic carbocycles. The van der Waals surface area contributed by atoms with E-state index in [4.69, 9.17) is 5.73 Å². The van der Waals surface area contributed by atoms with Gasteiger partial charge in [0, 0.05) is 21.9 Å². The summed E-state index contributed by atoms with van der Waals surface area (Å²) in [5.41, 5.74) is 7.62. The van der Waals surface area contributed by atoms with Gasteiger partial charge in [-0.3, -0.25) is 4.40 Å². The van der Waals surface area contributed by atoms with Gasteiger partial charge in [0.2, 0.25) is 0 Å². The molecule has 2 heterocycles. The van der Waals surface area contributed by atoms with E-state index in [0.717, 1.165) is 4.47 Å². The number of nitrogens with zero attached hydrogens (tertiary/aromatic N) is 3. The normalized spacial score (nSPS) is 11.0. The van der Waals surface area contributed by atoms with Crippen molar-refractivity contribution in [3.05, 3.63) is 46.8 Å². The summed E-state index contributed by atoms with van der Waals surface area (Å²) in [5, 5.41) is 8.09. The van der Waals surface area contributed by atoms with Crippen molar-refractivity contribution in [3.63, 3.8) is 0 Å². The van der Waals surface area contributed by atoms with Crippen molar-refractivity contribution < 1.29 is 4.39 Å². The first kappa shape index (κ1) is 11.2. The maximum absolute atomic E-state index is 13.3. The third-order valence-electron chi connectivity index (χ3n) is 2.59. The zero-order valence-corrected chi connectivity index (χ0v) is 10.7. The van der Waals surface area contributed by atoms with Gasteiger partial charge < -0.3 is 5.73 Å². The summed E-state index contributed by atoms with van der Waals surface area (Å²) in [6.07, 6.45) is 1.71. The first-order valence-electron chi connectivity index (χ1n) is 5.21. The van der Waals surface area contributed by atoms with Crippen molar-refractivity contribution in [2.45, 2.75) is 0 Å². The van der Waals surface area contributed by atoms with Crippen molar-refractivity contribution in [1.29, 1.82) is 0 Å². The van der Waals surface area contributed by atoms with Crippen LogP contribution < -0.4 is 5.73 Å². The largest absolute Gasteiger partial charge is 0.398 e. The lowest BCUT2D eigenvalue weighted by Crippen LogP contribution is -1.94. The first-order chi connectivity index (χ1) is 8.65. The summed E-state index contributed by atoms with van der Waals surface area (Å²) >= 11 is 3.38. The molecular weight excluding hydrogens is 299 g/mol. The van der Waals surface area contributed by atoms with Crippen LogP contribution in [0, 0.1) is 5.82 Å². The van der Waals surface area contributed by atoms with Gasteiger partial charge in [-0.25, -0.2) is 4.39 Å². The SMILES string of the molecule is Nc1ccc2nnc(-c3cc(F)ccc3Br)n2c1. The van der Waals surface area contributed by atoms with E-state index in [9.17, 15) is 4.39 Å². The lowest BCUT2D eigenvalue weighted by molar-refractivity contribution is 0.628. The van der Waals surface area contributed by atoms with E-state index in [1.165, 1.54) is 12.1 Å². The van der Waals surface area contributed by atoms with Crippen LogP contribution in [0.2, 0.25) is 0 Å². The molecule has 18 heavy (non-hydrogen) atoms. The maximum Gasteiger partial charge on any atom is 0.169 e. The Morgan fingerprint density at radius 3 is 2.83 bits per heavy atom. The first-order valence-corrected chi connectivity index (χ1v) is 6.00. The van der Waals surface area contributed by atoms with Crippen LogP contribution in [0.1, 0.15) is 0 Å². The number of rotatable bonds is 1. The molecule has 3 aromatic rings. The summed E-state index contributed by atoms with van der Waals surface area (Å²) in [4.78, 5) is 0. The van der Waals surface area contributed by atoms with Crippen molar-refractivity contribution in [2.24, 2.45) is 0 Å². The van der Waals surface area contributed by atoms with E-state index in [2.05, 4.69) is 26.1 Å². The van der Waals surface area contributed by atoms with Gasteiger partial charge >= 0.3 is 0 Å². The van der Waals surface area contributed by atoms with Gasteiger partial charge in [0.1, 0.15) is 5.82 Å². The summed E-state index contributed by atoms with van der Waals surface area (Å²) in [5.74, 6) is 0.220. The number of nitrogen functional groups attached to an aromatic ring is 1. The number of fused-ring (bicyclic) bond motifs is 1. The Morgan fingerprint density at radius 1 is 1.17 bits per heavy atom. The van der Waals surface area contributed by atoms with E-state index in [1.54, 1.807) is 28.8 Å². The summed E-state index contributed by atoms with van der Waals surface area (Å²) in [6.45, 7) is 0. The Bertz CT molecular complexity index is 738. The molecule has 6 heteroatoms. The predicted molar refractivity (Wildman–Crippen MR) is 70.5 cm³/mol. The predicted octanol–water partition coefficient (Wildman–Crippen LogP) is 2.88.